The minimum atomic E-state index is -0.802. The molecule has 7 N–H and O–H groups in total. The van der Waals surface area contributed by atoms with Gasteiger partial charge in [0.15, 0.2) is 11.6 Å². The number of amides is 4. The minimum Gasteiger partial charge on any atom is -0.346 e. The summed E-state index contributed by atoms with van der Waals surface area (Å²) in [6, 6.07) is 17.6. The van der Waals surface area contributed by atoms with E-state index >= 15 is 0 Å². The van der Waals surface area contributed by atoms with Crippen LogP contribution >= 0.6 is 0 Å². The minimum absolute atomic E-state index is 0.00522. The summed E-state index contributed by atoms with van der Waals surface area (Å²) >= 11 is 0. The maximum Gasteiger partial charge on any atom is 0.315 e. The second-order valence-corrected chi connectivity index (χ2v) is 15.2. The average Bonchev–Trinajstić information content (AvgIpc) is 3.95. The first-order valence-corrected chi connectivity index (χ1v) is 19.3. The van der Waals surface area contributed by atoms with Gasteiger partial charge in [0.2, 0.25) is 11.8 Å². The van der Waals surface area contributed by atoms with E-state index in [4.69, 9.17) is 11.5 Å². The summed E-state index contributed by atoms with van der Waals surface area (Å²) in [5, 5.41) is 9.01. The van der Waals surface area contributed by atoms with Crippen molar-refractivity contribution in [1.29, 1.82) is 0 Å². The highest BCUT2D eigenvalue weighted by molar-refractivity contribution is 5.94. The number of Topliss-reactive ketones (excluding diaryl/α,β-unsaturated/α-hetero) is 2. The predicted octanol–water partition coefficient (Wildman–Crippen LogP) is 4.06. The normalized spacial score (nSPS) is 17.1. The Hall–Kier alpha value is -4.09. The summed E-state index contributed by atoms with van der Waals surface area (Å²) in [5.41, 5.74) is 14.0. The lowest BCUT2D eigenvalue weighted by Gasteiger charge is -2.35. The Morgan fingerprint density at radius 3 is 1.87 bits per heavy atom. The number of nitrogens with zero attached hydrogens (tertiary/aromatic N) is 1. The van der Waals surface area contributed by atoms with Crippen LogP contribution in [0.5, 0.6) is 0 Å². The van der Waals surface area contributed by atoms with Gasteiger partial charge < -0.3 is 32.3 Å². The number of ketones is 2. The number of carbonyl (C=O) groups is 5. The molecule has 0 bridgehead atoms. The fraction of sp³-hybridized carbons (Fsp3) is 0.585. The maximum absolute atomic E-state index is 14.1. The van der Waals surface area contributed by atoms with Crippen LogP contribution in [0.1, 0.15) is 89.2 Å². The van der Waals surface area contributed by atoms with Gasteiger partial charge in [-0.3, -0.25) is 19.2 Å². The van der Waals surface area contributed by atoms with Crippen molar-refractivity contribution in [2.24, 2.45) is 29.2 Å². The molecule has 52 heavy (non-hydrogen) atoms. The molecule has 0 unspecified atom stereocenters. The summed E-state index contributed by atoms with van der Waals surface area (Å²) in [6.45, 7) is 5.49. The van der Waals surface area contributed by atoms with E-state index < -0.39 is 23.9 Å². The monoisotopic (exact) mass is 716 g/mol. The number of urea groups is 1. The van der Waals surface area contributed by atoms with Gasteiger partial charge in [-0.15, -0.1) is 0 Å². The summed E-state index contributed by atoms with van der Waals surface area (Å²) in [7, 11) is 0. The highest BCUT2D eigenvalue weighted by Crippen LogP contribution is 2.24. The van der Waals surface area contributed by atoms with Crippen molar-refractivity contribution in [2.75, 3.05) is 19.6 Å². The summed E-state index contributed by atoms with van der Waals surface area (Å²) < 4.78 is 0. The highest BCUT2D eigenvalue weighted by atomic mass is 16.2. The van der Waals surface area contributed by atoms with Crippen molar-refractivity contribution < 1.29 is 24.0 Å². The van der Waals surface area contributed by atoms with Gasteiger partial charge in [0.1, 0.15) is 0 Å². The third kappa shape index (κ3) is 13.8. The number of hydrogen-bond donors (Lipinski definition) is 5. The maximum atomic E-state index is 14.1. The van der Waals surface area contributed by atoms with Crippen LogP contribution in [0.15, 0.2) is 60.7 Å². The standard InChI is InChI=1S/C41H60N6O5/c1-28(2)23-36(46-39(50)32(24-29-11-5-3-6-12-29)27-37(48)35(43)25-30-13-7-4-8-14-30)38(49)26-31(15-9-10-20-42)40(51)47-21-18-34(19-22-47)45-41(52)44-33-16-17-33/h3-8,11-14,28,31-36H,9-10,15-27,42-43H2,1-2H3,(H,46,50)(H2,44,45,52)/t31-,32-,35+,36+/m0/s1. The van der Waals surface area contributed by atoms with E-state index in [1.807, 2.05) is 79.4 Å². The zero-order valence-electron chi connectivity index (χ0n) is 31.1. The van der Waals surface area contributed by atoms with Crippen LogP contribution in [0.3, 0.4) is 0 Å². The summed E-state index contributed by atoms with van der Waals surface area (Å²) in [6.07, 6.45) is 6.38. The van der Waals surface area contributed by atoms with Crippen LogP contribution < -0.4 is 27.4 Å². The van der Waals surface area contributed by atoms with Crippen LogP contribution in [0.2, 0.25) is 0 Å². The molecule has 11 heteroatoms. The quantitative estimate of drug-likeness (QED) is 0.121. The van der Waals surface area contributed by atoms with Gasteiger partial charge >= 0.3 is 6.03 Å². The highest BCUT2D eigenvalue weighted by Gasteiger charge is 2.34. The average molecular weight is 717 g/mol. The van der Waals surface area contributed by atoms with Gasteiger partial charge in [-0.05, 0) is 81.4 Å². The molecule has 2 aliphatic rings. The molecule has 1 aliphatic heterocycles. The van der Waals surface area contributed by atoms with Gasteiger partial charge in [-0.1, -0.05) is 80.9 Å². The number of nitrogens with two attached hydrogens (primary N) is 2. The molecule has 1 heterocycles. The fourth-order valence-electron chi connectivity index (χ4n) is 6.94. The first-order valence-electron chi connectivity index (χ1n) is 19.3. The second kappa shape index (κ2) is 20.8. The number of nitrogens with one attached hydrogen (secondary N) is 3. The van der Waals surface area contributed by atoms with Crippen molar-refractivity contribution in [3.05, 3.63) is 71.8 Å². The molecule has 11 nitrogen and oxygen atoms in total. The van der Waals surface area contributed by atoms with E-state index in [0.29, 0.717) is 64.6 Å². The largest absolute Gasteiger partial charge is 0.346 e. The van der Waals surface area contributed by atoms with Gasteiger partial charge in [0, 0.05) is 49.9 Å². The van der Waals surface area contributed by atoms with Crippen molar-refractivity contribution in [3.63, 3.8) is 0 Å². The molecule has 0 aromatic heterocycles. The Labute approximate surface area is 309 Å². The lowest BCUT2D eigenvalue weighted by Crippen LogP contribution is -2.51. The van der Waals surface area contributed by atoms with E-state index in [1.165, 1.54) is 0 Å². The van der Waals surface area contributed by atoms with Crippen molar-refractivity contribution >= 4 is 29.4 Å². The van der Waals surface area contributed by atoms with Crippen LogP contribution in [0.25, 0.3) is 0 Å². The van der Waals surface area contributed by atoms with E-state index in [0.717, 1.165) is 30.4 Å². The van der Waals surface area contributed by atoms with Gasteiger partial charge in [0.25, 0.3) is 0 Å². The SMILES string of the molecule is CC(C)C[C@@H](NC(=O)[C@H](CC(=O)[C@H](N)Cc1ccccc1)Cc1ccccc1)C(=O)C[C@H](CCCCN)C(=O)N1CCC(NC(=O)NC2CC2)CC1. The third-order valence-electron chi connectivity index (χ3n) is 10.1. The molecule has 4 atom stereocenters. The van der Waals surface area contributed by atoms with Crippen LogP contribution in [0, 0.1) is 17.8 Å². The molecule has 0 spiro atoms. The first-order chi connectivity index (χ1) is 25.0. The molecular weight excluding hydrogens is 656 g/mol. The van der Waals surface area contributed by atoms with E-state index in [9.17, 15) is 24.0 Å². The lowest BCUT2D eigenvalue weighted by atomic mass is 9.87. The zero-order valence-corrected chi connectivity index (χ0v) is 31.1. The molecule has 284 valence electrons. The van der Waals surface area contributed by atoms with Gasteiger partial charge in [-0.25, -0.2) is 4.79 Å². The predicted molar refractivity (Wildman–Crippen MR) is 203 cm³/mol. The summed E-state index contributed by atoms with van der Waals surface area (Å²) in [4.78, 5) is 69.5. The summed E-state index contributed by atoms with van der Waals surface area (Å²) in [5.74, 6) is -1.99. The fourth-order valence-corrected chi connectivity index (χ4v) is 6.94. The second-order valence-electron chi connectivity index (χ2n) is 15.2. The molecule has 1 saturated carbocycles. The molecule has 2 aromatic carbocycles. The van der Waals surface area contributed by atoms with Crippen molar-refractivity contribution in [3.8, 4) is 0 Å². The topological polar surface area (TPSA) is 177 Å². The number of hydrogen-bond acceptors (Lipinski definition) is 7. The number of piperidine rings is 1. The first kappa shape index (κ1) is 40.7. The molecule has 2 aromatic rings. The molecule has 1 aliphatic carbocycles. The molecule has 0 radical (unpaired) electrons. The Balaban J connectivity index is 1.42. The number of unbranched alkanes of at least 4 members (excludes halogenated alkanes) is 1. The molecule has 4 rings (SSSR count). The molecular formula is C41H60N6O5. The Bertz CT molecular complexity index is 1440. The Morgan fingerprint density at radius 2 is 1.31 bits per heavy atom. The smallest absolute Gasteiger partial charge is 0.315 e. The zero-order chi connectivity index (χ0) is 37.5. The Morgan fingerprint density at radius 1 is 0.750 bits per heavy atom. The van der Waals surface area contributed by atoms with E-state index in [2.05, 4.69) is 16.0 Å². The van der Waals surface area contributed by atoms with Crippen LogP contribution in [-0.4, -0.2) is 78.1 Å². The number of likely N-dealkylation sites (tertiary alicyclic amines) is 1. The van der Waals surface area contributed by atoms with Crippen molar-refractivity contribution in [2.45, 2.75) is 115 Å². The van der Waals surface area contributed by atoms with Gasteiger partial charge in [0.05, 0.1) is 12.1 Å². The number of carbonyl (C=O) groups excluding carboxylic acids is 5. The van der Waals surface area contributed by atoms with Crippen LogP contribution in [0.4, 0.5) is 4.79 Å². The van der Waals surface area contributed by atoms with Crippen LogP contribution in [-0.2, 0) is 32.0 Å². The van der Waals surface area contributed by atoms with E-state index in [-0.39, 0.29) is 60.3 Å². The van der Waals surface area contributed by atoms with Gasteiger partial charge in [-0.2, -0.15) is 0 Å². The number of rotatable bonds is 21. The third-order valence-corrected chi connectivity index (χ3v) is 10.1. The molecule has 1 saturated heterocycles. The lowest BCUT2D eigenvalue weighted by molar-refractivity contribution is -0.140. The molecule has 4 amide bonds. The Kier molecular flexibility index (Phi) is 16.3. The van der Waals surface area contributed by atoms with E-state index in [1.54, 1.807) is 0 Å². The molecule has 2 fully saturated rings. The number of benzene rings is 2. The van der Waals surface area contributed by atoms with Crippen molar-refractivity contribution in [1.82, 2.24) is 20.9 Å².